The van der Waals surface area contributed by atoms with Gasteiger partial charge in [-0.15, -0.1) is 0 Å². The van der Waals surface area contributed by atoms with Crippen LogP contribution in [0.1, 0.15) is 18.1 Å². The Kier molecular flexibility index (Phi) is 5.21. The molecule has 0 unspecified atom stereocenters. The Morgan fingerprint density at radius 3 is 2.62 bits per heavy atom. The van der Waals surface area contributed by atoms with E-state index in [1.165, 1.54) is 4.57 Å². The number of nitrogens with zero attached hydrogens (tertiary/aromatic N) is 4. The van der Waals surface area contributed by atoms with E-state index in [1.54, 1.807) is 42.8 Å². The molecule has 0 aliphatic carbocycles. The molecule has 0 bridgehead atoms. The van der Waals surface area contributed by atoms with Crippen LogP contribution in [-0.2, 0) is 13.6 Å². The highest BCUT2D eigenvalue weighted by molar-refractivity contribution is 6.01. The number of phenols is 1. The lowest BCUT2D eigenvalue weighted by Crippen LogP contribution is -2.29. The fourth-order valence-electron chi connectivity index (χ4n) is 4.05. The van der Waals surface area contributed by atoms with Crippen molar-refractivity contribution in [3.63, 3.8) is 0 Å². The van der Waals surface area contributed by atoms with Crippen molar-refractivity contribution < 1.29 is 5.11 Å². The molecule has 0 atom stereocenters. The second kappa shape index (κ2) is 8.36. The number of rotatable bonds is 5. The van der Waals surface area contributed by atoms with Gasteiger partial charge in [-0.05, 0) is 35.4 Å². The molecule has 9 heteroatoms. The highest BCUT2D eigenvalue weighted by Gasteiger charge is 2.18. The molecule has 0 saturated carbocycles. The summed E-state index contributed by atoms with van der Waals surface area (Å²) in [6.07, 6.45) is 0. The zero-order chi connectivity index (χ0) is 23.8. The Morgan fingerprint density at radius 1 is 1.06 bits per heavy atom. The number of para-hydroxylation sites is 1. The number of hydrogen-bond acceptors (Lipinski definition) is 6. The molecule has 3 N–H and O–H groups in total. The maximum atomic E-state index is 12.8. The van der Waals surface area contributed by atoms with Gasteiger partial charge in [0, 0.05) is 12.6 Å². The minimum absolute atomic E-state index is 0.105. The number of anilines is 1. The smallest absolute Gasteiger partial charge is 0.329 e. The highest BCUT2D eigenvalue weighted by Crippen LogP contribution is 2.24. The molecule has 9 nitrogen and oxygen atoms in total. The second-order valence-corrected chi connectivity index (χ2v) is 7.98. The van der Waals surface area contributed by atoms with E-state index >= 15 is 0 Å². The molecular weight excluding hydrogens is 432 g/mol. The summed E-state index contributed by atoms with van der Waals surface area (Å²) in [6.45, 7) is 2.08. The molecule has 0 fully saturated rings. The summed E-state index contributed by atoms with van der Waals surface area (Å²) in [5.41, 5.74) is 4.44. The van der Waals surface area contributed by atoms with E-state index in [0.29, 0.717) is 23.8 Å². The van der Waals surface area contributed by atoms with Gasteiger partial charge in [-0.1, -0.05) is 54.6 Å². The van der Waals surface area contributed by atoms with E-state index in [2.05, 4.69) is 20.5 Å². The zero-order valence-electron chi connectivity index (χ0n) is 18.6. The van der Waals surface area contributed by atoms with E-state index < -0.39 is 11.2 Å². The minimum atomic E-state index is -0.548. The van der Waals surface area contributed by atoms with Gasteiger partial charge in [-0.25, -0.2) is 10.2 Å². The summed E-state index contributed by atoms with van der Waals surface area (Å²) in [5.74, 6) is 0.401. The van der Waals surface area contributed by atoms with Gasteiger partial charge in [0.15, 0.2) is 11.2 Å². The predicted octanol–water partition coefficient (Wildman–Crippen LogP) is 3.17. The number of aromatic nitrogens is 4. The summed E-state index contributed by atoms with van der Waals surface area (Å²) >= 11 is 0. The second-order valence-electron chi connectivity index (χ2n) is 7.98. The molecular formula is C25H22N6O3. The molecule has 5 rings (SSSR count). The summed E-state index contributed by atoms with van der Waals surface area (Å²) < 4.78 is 3.00. The van der Waals surface area contributed by atoms with Crippen molar-refractivity contribution in [3.05, 3.63) is 98.7 Å². The molecule has 3 aromatic carbocycles. The number of aromatic amines is 1. The van der Waals surface area contributed by atoms with Crippen LogP contribution in [0.2, 0.25) is 0 Å². The van der Waals surface area contributed by atoms with Gasteiger partial charge >= 0.3 is 5.69 Å². The lowest BCUT2D eigenvalue weighted by Gasteiger charge is -2.11. The largest absolute Gasteiger partial charge is 0.507 e. The third-order valence-electron chi connectivity index (χ3n) is 5.83. The fraction of sp³-hybridized carbons (Fsp3) is 0.120. The highest BCUT2D eigenvalue weighted by atomic mass is 16.3. The molecule has 5 aromatic rings. The van der Waals surface area contributed by atoms with Gasteiger partial charge in [0.2, 0.25) is 5.95 Å². The van der Waals surface area contributed by atoms with Crippen LogP contribution in [0.15, 0.2) is 81.4 Å². The quantitative estimate of drug-likeness (QED) is 0.279. The monoisotopic (exact) mass is 454 g/mol. The van der Waals surface area contributed by atoms with Gasteiger partial charge < -0.3 is 5.11 Å². The first-order valence-corrected chi connectivity index (χ1v) is 10.7. The van der Waals surface area contributed by atoms with Gasteiger partial charge in [0.05, 0.1) is 12.3 Å². The molecule has 0 amide bonds. The molecule has 0 aliphatic rings. The first-order valence-electron chi connectivity index (χ1n) is 10.7. The van der Waals surface area contributed by atoms with Gasteiger partial charge in [0.25, 0.3) is 5.56 Å². The number of H-pyrrole nitrogens is 1. The Bertz CT molecular complexity index is 1690. The topological polar surface area (TPSA) is 117 Å². The summed E-state index contributed by atoms with van der Waals surface area (Å²) in [7, 11) is 1.55. The fourth-order valence-corrected chi connectivity index (χ4v) is 4.05. The third-order valence-corrected chi connectivity index (χ3v) is 5.83. The molecule has 0 radical (unpaired) electrons. The van der Waals surface area contributed by atoms with E-state index in [-0.39, 0.29) is 16.9 Å². The van der Waals surface area contributed by atoms with Crippen LogP contribution in [-0.4, -0.2) is 29.9 Å². The summed E-state index contributed by atoms with van der Waals surface area (Å²) in [4.78, 5) is 31.9. The van der Waals surface area contributed by atoms with Crippen LogP contribution in [0.4, 0.5) is 5.95 Å². The third kappa shape index (κ3) is 3.62. The lowest BCUT2D eigenvalue weighted by atomic mass is 10.0. The number of aromatic hydroxyl groups is 1. The predicted molar refractivity (Wildman–Crippen MR) is 133 cm³/mol. The molecule has 0 aliphatic heterocycles. The van der Waals surface area contributed by atoms with Gasteiger partial charge in [-0.2, -0.15) is 10.1 Å². The van der Waals surface area contributed by atoms with E-state index in [0.717, 1.165) is 16.3 Å². The molecule has 0 saturated heterocycles. The average molecular weight is 454 g/mol. The molecule has 2 aromatic heterocycles. The number of nitrogens with one attached hydrogen (secondary N) is 2. The van der Waals surface area contributed by atoms with Crippen molar-refractivity contribution in [1.29, 1.82) is 0 Å². The average Bonchev–Trinajstić information content (AvgIpc) is 3.20. The number of phenolic OH excluding ortho intramolecular Hbond substituents is 1. The Balaban J connectivity index is 1.67. The zero-order valence-corrected chi connectivity index (χ0v) is 18.6. The number of hydrazone groups is 1. The standard InChI is InChI=1S/C25H22N6O3/c1-15(18-11-5-6-13-20(18)32)28-29-24-26-22-21(23(33)27-25(34)30(22)2)31(24)14-17-10-7-9-16-8-3-4-12-19(16)17/h3-13,32H,14H2,1-2H3,(H,26,29)(H,27,33,34)/b28-15+. The Labute approximate surface area is 193 Å². The van der Waals surface area contributed by atoms with Crippen molar-refractivity contribution in [2.24, 2.45) is 12.1 Å². The molecule has 0 spiro atoms. The van der Waals surface area contributed by atoms with Crippen LogP contribution >= 0.6 is 0 Å². The van der Waals surface area contributed by atoms with E-state index in [9.17, 15) is 14.7 Å². The first-order chi connectivity index (χ1) is 16.4. The van der Waals surface area contributed by atoms with Crippen LogP contribution in [0.25, 0.3) is 21.9 Å². The SMILES string of the molecule is C/C(=N\Nc1nc2c(c(=O)[nH]c(=O)n2C)n1Cc1cccc2ccccc12)c1ccccc1O. The number of hydrogen-bond donors (Lipinski definition) is 3. The number of benzene rings is 3. The Hall–Kier alpha value is -4.66. The summed E-state index contributed by atoms with van der Waals surface area (Å²) in [6, 6.07) is 20.8. The van der Waals surface area contributed by atoms with Crippen molar-refractivity contribution in [2.75, 3.05) is 5.43 Å². The maximum absolute atomic E-state index is 12.8. The van der Waals surface area contributed by atoms with Crippen molar-refractivity contribution in [3.8, 4) is 5.75 Å². The lowest BCUT2D eigenvalue weighted by molar-refractivity contribution is 0.474. The van der Waals surface area contributed by atoms with Crippen LogP contribution < -0.4 is 16.7 Å². The number of imidazole rings is 1. The van der Waals surface area contributed by atoms with Gasteiger partial charge in [0.1, 0.15) is 5.75 Å². The van der Waals surface area contributed by atoms with Crippen molar-refractivity contribution in [1.82, 2.24) is 19.1 Å². The normalized spacial score (nSPS) is 11.9. The Morgan fingerprint density at radius 2 is 1.79 bits per heavy atom. The first kappa shape index (κ1) is 21.2. The number of fused-ring (bicyclic) bond motifs is 2. The molecule has 170 valence electrons. The van der Waals surface area contributed by atoms with Crippen LogP contribution in [0.5, 0.6) is 5.75 Å². The van der Waals surface area contributed by atoms with Gasteiger partial charge in [-0.3, -0.25) is 18.9 Å². The van der Waals surface area contributed by atoms with E-state index in [4.69, 9.17) is 0 Å². The number of aryl methyl sites for hydroxylation is 1. The summed E-state index contributed by atoms with van der Waals surface area (Å²) in [5, 5.41) is 16.7. The minimum Gasteiger partial charge on any atom is -0.507 e. The van der Waals surface area contributed by atoms with Crippen molar-refractivity contribution >= 4 is 33.6 Å². The van der Waals surface area contributed by atoms with Crippen LogP contribution in [0, 0.1) is 0 Å². The van der Waals surface area contributed by atoms with Crippen molar-refractivity contribution in [2.45, 2.75) is 13.5 Å². The maximum Gasteiger partial charge on any atom is 0.329 e. The molecule has 2 heterocycles. The van der Waals surface area contributed by atoms with E-state index in [1.807, 2.05) is 42.5 Å². The molecule has 34 heavy (non-hydrogen) atoms. The van der Waals surface area contributed by atoms with Crippen LogP contribution in [0.3, 0.4) is 0 Å².